The van der Waals surface area contributed by atoms with E-state index in [9.17, 15) is 8.42 Å². The second-order valence-electron chi connectivity index (χ2n) is 5.83. The van der Waals surface area contributed by atoms with Crippen LogP contribution in [0.15, 0.2) is 35.3 Å². The number of aliphatic imine (C=N–C) groups is 1. The average molecular weight is 356 g/mol. The van der Waals surface area contributed by atoms with E-state index in [1.807, 2.05) is 37.3 Å². The zero-order chi connectivity index (χ0) is 17.8. The molecule has 136 valence electrons. The van der Waals surface area contributed by atoms with Crippen LogP contribution < -0.4 is 15.4 Å². The summed E-state index contributed by atoms with van der Waals surface area (Å²) >= 11 is 0. The van der Waals surface area contributed by atoms with Crippen molar-refractivity contribution in [1.29, 1.82) is 0 Å². The predicted molar refractivity (Wildman–Crippen MR) is 99.5 cm³/mol. The van der Waals surface area contributed by atoms with E-state index < -0.39 is 9.84 Å². The molecule has 2 N–H and O–H groups in total. The number of benzene rings is 1. The van der Waals surface area contributed by atoms with Crippen molar-refractivity contribution in [1.82, 2.24) is 10.6 Å². The Balaban J connectivity index is 2.13. The SMILES string of the molecule is CN=C(NCCCCOc1ccccc1)NC(C)CCS(C)(=O)=O. The van der Waals surface area contributed by atoms with Crippen LogP contribution in [0.4, 0.5) is 0 Å². The van der Waals surface area contributed by atoms with E-state index in [0.29, 0.717) is 19.0 Å². The van der Waals surface area contributed by atoms with Crippen molar-refractivity contribution < 1.29 is 13.2 Å². The molecule has 0 aliphatic rings. The van der Waals surface area contributed by atoms with Crippen molar-refractivity contribution in [2.24, 2.45) is 4.99 Å². The highest BCUT2D eigenvalue weighted by Gasteiger charge is 2.09. The highest BCUT2D eigenvalue weighted by molar-refractivity contribution is 7.90. The molecule has 1 rings (SSSR count). The molecule has 0 fully saturated rings. The zero-order valence-corrected chi connectivity index (χ0v) is 15.6. The van der Waals surface area contributed by atoms with Crippen molar-refractivity contribution in [2.45, 2.75) is 32.2 Å². The van der Waals surface area contributed by atoms with Crippen LogP contribution in [0.25, 0.3) is 0 Å². The topological polar surface area (TPSA) is 79.8 Å². The fraction of sp³-hybridized carbons (Fsp3) is 0.588. The highest BCUT2D eigenvalue weighted by Crippen LogP contribution is 2.08. The van der Waals surface area contributed by atoms with Crippen LogP contribution >= 0.6 is 0 Å². The lowest BCUT2D eigenvalue weighted by molar-refractivity contribution is 0.307. The van der Waals surface area contributed by atoms with Gasteiger partial charge in [0.05, 0.1) is 12.4 Å². The number of nitrogens with zero attached hydrogens (tertiary/aromatic N) is 1. The van der Waals surface area contributed by atoms with Gasteiger partial charge in [0, 0.05) is 25.9 Å². The Bertz CT molecular complexity index is 588. The van der Waals surface area contributed by atoms with Gasteiger partial charge in [0.25, 0.3) is 0 Å². The molecule has 1 aromatic rings. The van der Waals surface area contributed by atoms with E-state index in [-0.39, 0.29) is 11.8 Å². The lowest BCUT2D eigenvalue weighted by Crippen LogP contribution is -2.43. The van der Waals surface area contributed by atoms with Gasteiger partial charge in [-0.3, -0.25) is 4.99 Å². The number of rotatable bonds is 10. The first-order valence-electron chi connectivity index (χ1n) is 8.23. The Morgan fingerprint density at radius 2 is 1.96 bits per heavy atom. The molecule has 0 spiro atoms. The molecular weight excluding hydrogens is 326 g/mol. The lowest BCUT2D eigenvalue weighted by atomic mass is 10.2. The monoisotopic (exact) mass is 355 g/mol. The van der Waals surface area contributed by atoms with Crippen LogP contribution in [0.2, 0.25) is 0 Å². The van der Waals surface area contributed by atoms with Crippen molar-refractivity contribution in [3.8, 4) is 5.75 Å². The van der Waals surface area contributed by atoms with E-state index >= 15 is 0 Å². The summed E-state index contributed by atoms with van der Waals surface area (Å²) in [4.78, 5) is 4.15. The number of para-hydroxylation sites is 1. The number of unbranched alkanes of at least 4 members (excludes halogenated alkanes) is 1. The number of ether oxygens (including phenoxy) is 1. The third-order valence-electron chi connectivity index (χ3n) is 3.40. The van der Waals surface area contributed by atoms with E-state index in [1.54, 1.807) is 7.05 Å². The Labute approximate surface area is 145 Å². The Hall–Kier alpha value is -1.76. The van der Waals surface area contributed by atoms with Crippen LogP contribution in [-0.2, 0) is 9.84 Å². The summed E-state index contributed by atoms with van der Waals surface area (Å²) in [5.41, 5.74) is 0. The molecule has 24 heavy (non-hydrogen) atoms. The third kappa shape index (κ3) is 10.1. The van der Waals surface area contributed by atoms with Crippen LogP contribution in [-0.4, -0.2) is 52.6 Å². The molecule has 0 radical (unpaired) electrons. The molecule has 7 heteroatoms. The second kappa shape index (κ2) is 10.9. The van der Waals surface area contributed by atoms with Crippen molar-refractivity contribution in [3.63, 3.8) is 0 Å². The summed E-state index contributed by atoms with van der Waals surface area (Å²) in [5, 5.41) is 6.43. The molecule has 0 aliphatic carbocycles. The number of hydrogen-bond donors (Lipinski definition) is 2. The maximum atomic E-state index is 11.2. The normalized spacial score (nSPS) is 13.4. The minimum Gasteiger partial charge on any atom is -0.494 e. The number of hydrogen-bond acceptors (Lipinski definition) is 4. The standard InChI is InChI=1S/C17H29N3O3S/c1-15(11-14-24(3,21)22)20-17(18-2)19-12-7-8-13-23-16-9-5-4-6-10-16/h4-6,9-10,15H,7-8,11-14H2,1-3H3,(H2,18,19,20). The average Bonchev–Trinajstić information content (AvgIpc) is 2.55. The Kier molecular flexibility index (Phi) is 9.22. The van der Waals surface area contributed by atoms with Gasteiger partial charge in [-0.1, -0.05) is 18.2 Å². The molecule has 1 atom stereocenters. The molecular formula is C17H29N3O3S. The first-order valence-corrected chi connectivity index (χ1v) is 10.3. The predicted octanol–water partition coefficient (Wildman–Crippen LogP) is 1.83. The van der Waals surface area contributed by atoms with Crippen molar-refractivity contribution >= 4 is 15.8 Å². The Morgan fingerprint density at radius 3 is 2.58 bits per heavy atom. The number of guanidine groups is 1. The summed E-state index contributed by atoms with van der Waals surface area (Å²) in [6, 6.07) is 9.82. The van der Waals surface area contributed by atoms with Gasteiger partial charge < -0.3 is 15.4 Å². The maximum absolute atomic E-state index is 11.2. The van der Waals surface area contributed by atoms with Gasteiger partial charge in [-0.15, -0.1) is 0 Å². The van der Waals surface area contributed by atoms with Crippen molar-refractivity contribution in [2.75, 3.05) is 32.2 Å². The summed E-state index contributed by atoms with van der Waals surface area (Å²) in [7, 11) is -1.22. The number of nitrogens with one attached hydrogen (secondary N) is 2. The third-order valence-corrected chi connectivity index (χ3v) is 4.38. The maximum Gasteiger partial charge on any atom is 0.191 e. The fourth-order valence-corrected chi connectivity index (χ4v) is 2.81. The number of sulfone groups is 1. The molecule has 0 aliphatic heterocycles. The molecule has 1 unspecified atom stereocenters. The minimum atomic E-state index is -2.93. The molecule has 0 saturated heterocycles. The summed E-state index contributed by atoms with van der Waals surface area (Å²) in [6.45, 7) is 3.42. The fourth-order valence-electron chi connectivity index (χ4n) is 2.03. The molecule has 0 saturated carbocycles. The van der Waals surface area contributed by atoms with E-state index in [2.05, 4.69) is 15.6 Å². The van der Waals surface area contributed by atoms with Crippen molar-refractivity contribution in [3.05, 3.63) is 30.3 Å². The zero-order valence-electron chi connectivity index (χ0n) is 14.8. The van der Waals surface area contributed by atoms with Gasteiger partial charge in [0.2, 0.25) is 0 Å². The summed E-state index contributed by atoms with van der Waals surface area (Å²) < 4.78 is 28.0. The van der Waals surface area contributed by atoms with Crippen LogP contribution in [0.5, 0.6) is 5.75 Å². The van der Waals surface area contributed by atoms with Gasteiger partial charge >= 0.3 is 0 Å². The van der Waals surface area contributed by atoms with Crippen LogP contribution in [0.1, 0.15) is 26.2 Å². The quantitative estimate of drug-likeness (QED) is 0.380. The van der Waals surface area contributed by atoms with Gasteiger partial charge in [0.1, 0.15) is 15.6 Å². The molecule has 0 aromatic heterocycles. The van der Waals surface area contributed by atoms with E-state index in [1.165, 1.54) is 6.26 Å². The van der Waals surface area contributed by atoms with E-state index in [0.717, 1.165) is 25.1 Å². The van der Waals surface area contributed by atoms with Crippen LogP contribution in [0.3, 0.4) is 0 Å². The summed E-state index contributed by atoms with van der Waals surface area (Å²) in [5.74, 6) is 1.76. The molecule has 0 bridgehead atoms. The largest absolute Gasteiger partial charge is 0.494 e. The summed E-state index contributed by atoms with van der Waals surface area (Å²) in [6.07, 6.45) is 3.72. The second-order valence-corrected chi connectivity index (χ2v) is 8.09. The first-order chi connectivity index (χ1) is 11.4. The first kappa shape index (κ1) is 20.3. The molecule has 0 amide bonds. The molecule has 6 nitrogen and oxygen atoms in total. The Morgan fingerprint density at radius 1 is 1.25 bits per heavy atom. The van der Waals surface area contributed by atoms with Gasteiger partial charge in [-0.2, -0.15) is 0 Å². The molecule has 0 heterocycles. The highest BCUT2D eigenvalue weighted by atomic mass is 32.2. The van der Waals surface area contributed by atoms with Gasteiger partial charge in [0.15, 0.2) is 5.96 Å². The smallest absolute Gasteiger partial charge is 0.191 e. The van der Waals surface area contributed by atoms with Gasteiger partial charge in [-0.05, 0) is 38.3 Å². The molecule has 1 aromatic carbocycles. The van der Waals surface area contributed by atoms with Crippen LogP contribution in [0, 0.1) is 0 Å². The van der Waals surface area contributed by atoms with E-state index in [4.69, 9.17) is 4.74 Å². The van der Waals surface area contributed by atoms with Gasteiger partial charge in [-0.25, -0.2) is 8.42 Å². The minimum absolute atomic E-state index is 0.0485. The lowest BCUT2D eigenvalue weighted by Gasteiger charge is -2.17.